The van der Waals surface area contributed by atoms with Gasteiger partial charge in [-0.1, -0.05) is 6.07 Å². The molecule has 0 unspecified atom stereocenters. The van der Waals surface area contributed by atoms with Crippen molar-refractivity contribution in [3.8, 4) is 10.7 Å². The number of aryl methyl sites for hydroxylation is 1. The van der Waals surface area contributed by atoms with Crippen molar-refractivity contribution in [2.45, 2.75) is 43.3 Å². The van der Waals surface area contributed by atoms with E-state index in [-0.39, 0.29) is 0 Å². The molecule has 1 saturated carbocycles. The number of hydrogen-bond acceptors (Lipinski definition) is 6. The van der Waals surface area contributed by atoms with Crippen LogP contribution in [0.15, 0.2) is 40.6 Å². The number of thiophene rings is 1. The zero-order chi connectivity index (χ0) is 20.2. The van der Waals surface area contributed by atoms with Gasteiger partial charge in [-0.25, -0.2) is 13.1 Å². The van der Waals surface area contributed by atoms with Crippen molar-refractivity contribution in [3.05, 3.63) is 46.0 Å². The van der Waals surface area contributed by atoms with E-state index in [4.69, 9.17) is 17.3 Å². The number of anilines is 1. The topological polar surface area (TPSA) is 60.1 Å². The molecule has 0 atom stereocenters. The summed E-state index contributed by atoms with van der Waals surface area (Å²) in [6.45, 7) is 1.47. The summed E-state index contributed by atoms with van der Waals surface area (Å²) in [6.07, 6.45) is 5.43. The molecule has 0 spiro atoms. The van der Waals surface area contributed by atoms with Crippen LogP contribution in [0.25, 0.3) is 10.7 Å². The smallest absolute Gasteiger partial charge is 0.200 e. The lowest BCUT2D eigenvalue weighted by atomic mass is 10.0. The van der Waals surface area contributed by atoms with Gasteiger partial charge in [0.1, 0.15) is 6.67 Å². The van der Waals surface area contributed by atoms with E-state index in [9.17, 15) is 8.42 Å². The van der Waals surface area contributed by atoms with Gasteiger partial charge in [-0.2, -0.15) is 0 Å². The highest BCUT2D eigenvalue weighted by molar-refractivity contribution is 7.90. The molecule has 0 radical (unpaired) electrons. The lowest BCUT2D eigenvalue weighted by Crippen LogP contribution is -2.32. The molecular formula is C20H22N4O2S3. The molecular weight excluding hydrogens is 424 g/mol. The average molecular weight is 447 g/mol. The highest BCUT2D eigenvalue weighted by Crippen LogP contribution is 2.39. The second kappa shape index (κ2) is 7.07. The Labute approximate surface area is 179 Å². The van der Waals surface area contributed by atoms with E-state index in [0.717, 1.165) is 59.0 Å². The standard InChI is InChI=1S/C20H22N4O2S3/c1-29(25,26)16-8-9-17-14(12-16)4-2-10-22(17)13-23-20(27)24(15-6-7-15)19(21-23)18-5-3-11-28-18/h3,5,8-9,11-12,15H,2,4,6-7,10,13H2,1H3. The van der Waals surface area contributed by atoms with Crippen LogP contribution in [-0.2, 0) is 22.9 Å². The van der Waals surface area contributed by atoms with Gasteiger partial charge in [-0.05, 0) is 73.1 Å². The fraction of sp³-hybridized carbons (Fsp3) is 0.400. The highest BCUT2D eigenvalue weighted by Gasteiger charge is 2.30. The molecule has 5 rings (SSSR count). The normalized spacial score (nSPS) is 16.8. The van der Waals surface area contributed by atoms with Crippen molar-refractivity contribution in [3.63, 3.8) is 0 Å². The van der Waals surface area contributed by atoms with E-state index in [1.807, 2.05) is 22.9 Å². The van der Waals surface area contributed by atoms with Gasteiger partial charge in [0.05, 0.1) is 9.77 Å². The lowest BCUT2D eigenvalue weighted by Gasteiger charge is -2.31. The van der Waals surface area contributed by atoms with Crippen molar-refractivity contribution in [1.29, 1.82) is 0 Å². The average Bonchev–Trinajstić information content (AvgIpc) is 3.26. The molecule has 1 aromatic carbocycles. The molecule has 6 nitrogen and oxygen atoms in total. The summed E-state index contributed by atoms with van der Waals surface area (Å²) in [7, 11) is -3.20. The van der Waals surface area contributed by atoms with Gasteiger partial charge in [0, 0.05) is 24.5 Å². The minimum atomic E-state index is -3.20. The van der Waals surface area contributed by atoms with Crippen LogP contribution < -0.4 is 4.90 Å². The zero-order valence-electron chi connectivity index (χ0n) is 16.1. The van der Waals surface area contributed by atoms with E-state index >= 15 is 0 Å². The predicted octanol–water partition coefficient (Wildman–Crippen LogP) is 4.29. The number of fused-ring (bicyclic) bond motifs is 1. The Bertz CT molecular complexity index is 1220. The van der Waals surface area contributed by atoms with E-state index < -0.39 is 9.84 Å². The first-order valence-corrected chi connectivity index (χ1v) is 12.9. The van der Waals surface area contributed by atoms with Crippen molar-refractivity contribution < 1.29 is 8.42 Å². The first-order valence-electron chi connectivity index (χ1n) is 9.73. The Morgan fingerprint density at radius 1 is 1.28 bits per heavy atom. The van der Waals surface area contributed by atoms with Gasteiger partial charge in [0.25, 0.3) is 0 Å². The fourth-order valence-corrected chi connectivity index (χ4v) is 5.65. The van der Waals surface area contributed by atoms with Gasteiger partial charge >= 0.3 is 0 Å². The van der Waals surface area contributed by atoms with Crippen LogP contribution in [0.4, 0.5) is 5.69 Å². The van der Waals surface area contributed by atoms with Gasteiger partial charge in [0.15, 0.2) is 20.4 Å². The SMILES string of the molecule is CS(=O)(=O)c1ccc2c(c1)CCCN2Cn1nc(-c2cccs2)n(C2CC2)c1=S. The first kappa shape index (κ1) is 19.0. The molecule has 3 aromatic rings. The van der Waals surface area contributed by atoms with Gasteiger partial charge < -0.3 is 4.90 Å². The molecule has 9 heteroatoms. The zero-order valence-corrected chi connectivity index (χ0v) is 18.6. The van der Waals surface area contributed by atoms with Crippen molar-refractivity contribution in [2.24, 2.45) is 0 Å². The summed E-state index contributed by atoms with van der Waals surface area (Å²) < 4.78 is 28.7. The number of sulfone groups is 1. The maximum Gasteiger partial charge on any atom is 0.200 e. The monoisotopic (exact) mass is 446 g/mol. The van der Waals surface area contributed by atoms with Crippen molar-refractivity contribution in [2.75, 3.05) is 17.7 Å². The molecule has 0 bridgehead atoms. The van der Waals surface area contributed by atoms with Crippen LogP contribution in [0.2, 0.25) is 0 Å². The molecule has 1 aliphatic carbocycles. The minimum Gasteiger partial charge on any atom is -0.352 e. The summed E-state index contributed by atoms with van der Waals surface area (Å²) in [6, 6.07) is 10.0. The molecule has 1 fully saturated rings. The number of rotatable bonds is 5. The van der Waals surface area contributed by atoms with Crippen molar-refractivity contribution in [1.82, 2.24) is 14.3 Å². The largest absolute Gasteiger partial charge is 0.352 e. The Kier molecular flexibility index (Phi) is 4.64. The molecule has 1 aliphatic heterocycles. The van der Waals surface area contributed by atoms with Gasteiger partial charge in [-0.15, -0.1) is 16.4 Å². The molecule has 2 aliphatic rings. The summed E-state index contributed by atoms with van der Waals surface area (Å²) in [5, 5.41) is 6.95. The molecule has 29 heavy (non-hydrogen) atoms. The Hall–Kier alpha value is -1.97. The predicted molar refractivity (Wildman–Crippen MR) is 118 cm³/mol. The van der Waals surface area contributed by atoms with Crippen LogP contribution >= 0.6 is 23.6 Å². The highest BCUT2D eigenvalue weighted by atomic mass is 32.2. The first-order chi connectivity index (χ1) is 13.9. The third-order valence-corrected chi connectivity index (χ3v) is 7.91. The number of hydrogen-bond donors (Lipinski definition) is 0. The minimum absolute atomic E-state index is 0.382. The summed E-state index contributed by atoms with van der Waals surface area (Å²) in [5.41, 5.74) is 2.15. The maximum atomic E-state index is 11.9. The number of aromatic nitrogens is 3. The Morgan fingerprint density at radius 2 is 2.10 bits per heavy atom. The molecule has 152 valence electrons. The second-order valence-corrected chi connectivity index (χ2v) is 11.1. The Morgan fingerprint density at radius 3 is 2.79 bits per heavy atom. The lowest BCUT2D eigenvalue weighted by molar-refractivity contribution is 0.540. The van der Waals surface area contributed by atoms with Gasteiger partial charge in [-0.3, -0.25) is 4.57 Å². The van der Waals surface area contributed by atoms with E-state index in [1.165, 1.54) is 6.26 Å². The summed E-state index contributed by atoms with van der Waals surface area (Å²) >= 11 is 7.48. The second-order valence-electron chi connectivity index (χ2n) is 7.76. The van der Waals surface area contributed by atoms with E-state index in [1.54, 1.807) is 17.4 Å². The van der Waals surface area contributed by atoms with Crippen LogP contribution in [0, 0.1) is 4.77 Å². The summed E-state index contributed by atoms with van der Waals surface area (Å²) in [5.74, 6) is 0.956. The van der Waals surface area contributed by atoms with E-state index in [2.05, 4.69) is 20.9 Å². The third-order valence-electron chi connectivity index (χ3n) is 5.52. The molecule has 2 aromatic heterocycles. The van der Waals surface area contributed by atoms with Crippen LogP contribution in [-0.4, -0.2) is 35.6 Å². The van der Waals surface area contributed by atoms with Crippen LogP contribution in [0.1, 0.15) is 30.9 Å². The quantitative estimate of drug-likeness (QED) is 0.547. The molecule has 0 saturated heterocycles. The Balaban J connectivity index is 1.51. The molecule has 0 N–H and O–H groups in total. The van der Waals surface area contributed by atoms with Crippen LogP contribution in [0.5, 0.6) is 0 Å². The fourth-order valence-electron chi connectivity index (χ4n) is 3.94. The van der Waals surface area contributed by atoms with Crippen molar-refractivity contribution >= 4 is 39.1 Å². The molecule has 3 heterocycles. The molecule has 0 amide bonds. The number of benzene rings is 1. The van der Waals surface area contributed by atoms with Crippen LogP contribution in [0.3, 0.4) is 0 Å². The number of nitrogens with zero attached hydrogens (tertiary/aromatic N) is 4. The third kappa shape index (κ3) is 3.55. The maximum absolute atomic E-state index is 11.9. The van der Waals surface area contributed by atoms with E-state index in [0.29, 0.717) is 17.6 Å². The summed E-state index contributed by atoms with van der Waals surface area (Å²) in [4.78, 5) is 3.77. The van der Waals surface area contributed by atoms with Gasteiger partial charge in [0.2, 0.25) is 0 Å².